The van der Waals surface area contributed by atoms with E-state index in [1.54, 1.807) is 6.07 Å². The summed E-state index contributed by atoms with van der Waals surface area (Å²) in [7, 11) is 0. The fourth-order valence-corrected chi connectivity index (χ4v) is 4.05. The molecule has 0 saturated carbocycles. The predicted molar refractivity (Wildman–Crippen MR) is 85.8 cm³/mol. The van der Waals surface area contributed by atoms with Crippen LogP contribution < -0.4 is 4.90 Å². The molecule has 3 rings (SSSR count). The second-order valence-electron chi connectivity index (χ2n) is 6.02. The highest BCUT2D eigenvalue weighted by Crippen LogP contribution is 2.36. The average Bonchev–Trinajstić information content (AvgIpc) is 2.48. The molecule has 116 valence electrons. The van der Waals surface area contributed by atoms with Crippen LogP contribution in [0.3, 0.4) is 0 Å². The molecule has 2 heterocycles. The molecular weight excluding hydrogens is 287 g/mol. The van der Waals surface area contributed by atoms with Crippen molar-refractivity contribution in [3.8, 4) is 0 Å². The second kappa shape index (κ2) is 6.55. The molecule has 0 unspecified atom stereocenters. The molecule has 2 fully saturated rings. The van der Waals surface area contributed by atoms with Crippen LogP contribution in [0.5, 0.6) is 0 Å². The number of benzene rings is 1. The Hall–Kier alpha value is -0.780. The van der Waals surface area contributed by atoms with E-state index in [2.05, 4.69) is 15.5 Å². The van der Waals surface area contributed by atoms with Crippen molar-refractivity contribution in [2.24, 2.45) is 11.8 Å². The van der Waals surface area contributed by atoms with Gasteiger partial charge in [0.1, 0.15) is 0 Å². The van der Waals surface area contributed by atoms with Crippen molar-refractivity contribution >= 4 is 17.6 Å². The maximum Gasteiger partial charge on any atom is 0.151 e. The fraction of sp³-hybridized carbons (Fsp3) is 0.625. The first kappa shape index (κ1) is 15.1. The lowest BCUT2D eigenvalue weighted by atomic mass is 9.80. The quantitative estimate of drug-likeness (QED) is 0.865. The van der Waals surface area contributed by atoms with E-state index in [9.17, 15) is 4.39 Å². The number of aliphatic hydroxyl groups is 1. The van der Waals surface area contributed by atoms with Crippen LogP contribution in [0.15, 0.2) is 18.2 Å². The van der Waals surface area contributed by atoms with Crippen molar-refractivity contribution in [1.29, 1.82) is 0 Å². The Morgan fingerprint density at radius 1 is 1.24 bits per heavy atom. The zero-order valence-corrected chi connectivity index (χ0v) is 13.3. The highest BCUT2D eigenvalue weighted by molar-refractivity contribution is 7.96. The van der Waals surface area contributed by atoms with Gasteiger partial charge in [0.2, 0.25) is 0 Å². The molecule has 5 heteroatoms. The Labute approximate surface area is 130 Å². The summed E-state index contributed by atoms with van der Waals surface area (Å²) in [5, 5.41) is 9.15. The van der Waals surface area contributed by atoms with Crippen LogP contribution >= 0.6 is 11.9 Å². The Kier molecular flexibility index (Phi) is 4.72. The highest BCUT2D eigenvalue weighted by Gasteiger charge is 2.36. The van der Waals surface area contributed by atoms with Crippen molar-refractivity contribution < 1.29 is 9.50 Å². The smallest absolute Gasteiger partial charge is 0.151 e. The molecule has 3 nitrogen and oxygen atoms in total. The number of hydrogen-bond donors (Lipinski definition) is 1. The number of hydrogen-bond acceptors (Lipinski definition) is 4. The van der Waals surface area contributed by atoms with Crippen LogP contribution in [0.25, 0.3) is 0 Å². The van der Waals surface area contributed by atoms with Gasteiger partial charge in [-0.05, 0) is 37.0 Å². The Bertz CT molecular complexity index is 485. The Balaban J connectivity index is 1.56. The van der Waals surface area contributed by atoms with Crippen molar-refractivity contribution in [2.45, 2.75) is 19.4 Å². The van der Waals surface area contributed by atoms with E-state index in [-0.39, 0.29) is 12.4 Å². The van der Waals surface area contributed by atoms with E-state index in [0.717, 1.165) is 19.0 Å². The first-order chi connectivity index (χ1) is 10.2. The molecule has 2 aliphatic rings. The molecule has 0 amide bonds. The summed E-state index contributed by atoms with van der Waals surface area (Å²) in [6, 6.07) is 5.30. The van der Waals surface area contributed by atoms with Gasteiger partial charge in [-0.3, -0.25) is 4.31 Å². The van der Waals surface area contributed by atoms with Gasteiger partial charge in [0, 0.05) is 31.7 Å². The van der Waals surface area contributed by atoms with E-state index in [1.165, 1.54) is 25.9 Å². The third-order valence-electron chi connectivity index (χ3n) is 4.90. The number of aliphatic hydroxyl groups excluding tert-OH is 1. The minimum Gasteiger partial charge on any atom is -0.392 e. The number of anilines is 1. The summed E-state index contributed by atoms with van der Waals surface area (Å²) in [4.78, 5) is 2.11. The minimum atomic E-state index is -0.254. The molecular formula is C16H23FN2OS. The maximum atomic E-state index is 14.2. The lowest BCUT2D eigenvalue weighted by Crippen LogP contribution is -2.52. The largest absolute Gasteiger partial charge is 0.392 e. The van der Waals surface area contributed by atoms with Crippen molar-refractivity contribution in [2.75, 3.05) is 37.3 Å². The topological polar surface area (TPSA) is 26.7 Å². The summed E-state index contributed by atoms with van der Waals surface area (Å²) in [5.41, 5.74) is 1.04. The number of piperidine rings is 1. The van der Waals surface area contributed by atoms with Gasteiger partial charge in [0.15, 0.2) is 5.82 Å². The number of rotatable bonds is 4. The van der Waals surface area contributed by atoms with Crippen LogP contribution in [0, 0.1) is 17.7 Å². The first-order valence-corrected chi connectivity index (χ1v) is 8.83. The van der Waals surface area contributed by atoms with Gasteiger partial charge in [-0.2, -0.15) is 0 Å². The molecule has 0 spiro atoms. The van der Waals surface area contributed by atoms with Crippen molar-refractivity contribution in [1.82, 2.24) is 4.31 Å². The lowest BCUT2D eigenvalue weighted by Gasteiger charge is -2.47. The summed E-state index contributed by atoms with van der Waals surface area (Å²) in [6.45, 7) is 4.03. The zero-order valence-electron chi connectivity index (χ0n) is 12.5. The SMILES string of the molecule is CSN1CCC(C2CN(c3cccc(CO)c3F)C2)CC1. The van der Waals surface area contributed by atoms with E-state index < -0.39 is 0 Å². The van der Waals surface area contributed by atoms with Gasteiger partial charge in [-0.1, -0.05) is 24.1 Å². The average molecular weight is 310 g/mol. The summed E-state index contributed by atoms with van der Waals surface area (Å²) < 4.78 is 16.6. The van der Waals surface area contributed by atoms with Crippen LogP contribution in [0.4, 0.5) is 10.1 Å². The summed E-state index contributed by atoms with van der Waals surface area (Å²) >= 11 is 1.84. The molecule has 2 saturated heterocycles. The van der Waals surface area contributed by atoms with Crippen LogP contribution in [0.1, 0.15) is 18.4 Å². The van der Waals surface area contributed by atoms with Crippen LogP contribution in [-0.4, -0.2) is 41.8 Å². The molecule has 1 aromatic rings. The predicted octanol–water partition coefficient (Wildman–Crippen LogP) is 2.74. The highest BCUT2D eigenvalue weighted by atomic mass is 32.2. The van der Waals surface area contributed by atoms with Gasteiger partial charge in [0.05, 0.1) is 12.3 Å². The Morgan fingerprint density at radius 3 is 2.57 bits per heavy atom. The van der Waals surface area contributed by atoms with Gasteiger partial charge in [-0.25, -0.2) is 4.39 Å². The lowest BCUT2D eigenvalue weighted by molar-refractivity contribution is 0.186. The molecule has 1 aromatic carbocycles. The zero-order chi connectivity index (χ0) is 14.8. The van der Waals surface area contributed by atoms with Gasteiger partial charge >= 0.3 is 0 Å². The standard InChI is InChI=1S/C16H23FN2OS/c1-21-19-7-5-12(6-8-19)14-9-18(10-14)15-4-2-3-13(11-20)16(15)17/h2-4,12,14,20H,5-11H2,1H3. The van der Waals surface area contributed by atoms with Gasteiger partial charge < -0.3 is 10.0 Å². The number of halogens is 1. The van der Waals surface area contributed by atoms with E-state index in [0.29, 0.717) is 17.2 Å². The second-order valence-corrected chi connectivity index (χ2v) is 6.90. The van der Waals surface area contributed by atoms with Crippen molar-refractivity contribution in [3.05, 3.63) is 29.6 Å². The molecule has 0 aromatic heterocycles. The fourth-order valence-electron chi connectivity index (χ4n) is 3.47. The molecule has 2 aliphatic heterocycles. The van der Waals surface area contributed by atoms with E-state index >= 15 is 0 Å². The third-order valence-corrected chi connectivity index (χ3v) is 5.78. The molecule has 0 aliphatic carbocycles. The third kappa shape index (κ3) is 3.05. The van der Waals surface area contributed by atoms with E-state index in [1.807, 2.05) is 24.1 Å². The van der Waals surface area contributed by atoms with Gasteiger partial charge in [0.25, 0.3) is 0 Å². The first-order valence-electron chi connectivity index (χ1n) is 7.65. The summed E-state index contributed by atoms with van der Waals surface area (Å²) in [5.74, 6) is 1.23. The number of nitrogens with zero attached hydrogens (tertiary/aromatic N) is 2. The van der Waals surface area contributed by atoms with Crippen LogP contribution in [0.2, 0.25) is 0 Å². The maximum absolute atomic E-state index is 14.2. The minimum absolute atomic E-state index is 0.232. The molecule has 0 radical (unpaired) electrons. The monoisotopic (exact) mass is 310 g/mol. The van der Waals surface area contributed by atoms with E-state index in [4.69, 9.17) is 5.11 Å². The summed E-state index contributed by atoms with van der Waals surface area (Å²) in [6.07, 6.45) is 4.67. The Morgan fingerprint density at radius 2 is 1.95 bits per heavy atom. The molecule has 21 heavy (non-hydrogen) atoms. The normalized spacial score (nSPS) is 21.6. The molecule has 1 N–H and O–H groups in total. The van der Waals surface area contributed by atoms with Crippen molar-refractivity contribution in [3.63, 3.8) is 0 Å². The molecule has 0 bridgehead atoms. The van der Waals surface area contributed by atoms with Crippen LogP contribution in [-0.2, 0) is 6.61 Å². The molecule has 0 atom stereocenters. The van der Waals surface area contributed by atoms with Gasteiger partial charge in [-0.15, -0.1) is 0 Å².